The highest BCUT2D eigenvalue weighted by Gasteiger charge is 2.36. The molecule has 1 atom stereocenters. The molecule has 0 saturated carbocycles. The number of piperidine rings is 1. The molecule has 3 heterocycles. The molecule has 0 bridgehead atoms. The standard InChI is InChI=1S/C17H19F3N6O6/c1-3-30-16(27)31-10-5-4-6-25(8-10)14-13(26(28)29)15(22-9-21-14)32-12-7-11(17(18,19)20)23-24(12)2/h7,9-10H,3-6,8H2,1-2H3. The predicted molar refractivity (Wildman–Crippen MR) is 100 cm³/mol. The molecule has 0 aromatic carbocycles. The van der Waals surface area contributed by atoms with Crippen LogP contribution in [0.3, 0.4) is 0 Å². The lowest BCUT2D eigenvalue weighted by Crippen LogP contribution is -2.41. The van der Waals surface area contributed by atoms with E-state index in [0.717, 1.165) is 11.0 Å². The Labute approximate surface area is 179 Å². The first-order valence-corrected chi connectivity index (χ1v) is 9.47. The molecule has 0 radical (unpaired) electrons. The van der Waals surface area contributed by atoms with Crippen LogP contribution in [0.25, 0.3) is 0 Å². The highest BCUT2D eigenvalue weighted by Crippen LogP contribution is 2.38. The van der Waals surface area contributed by atoms with Gasteiger partial charge in [-0.05, 0) is 19.8 Å². The highest BCUT2D eigenvalue weighted by atomic mass is 19.4. The first kappa shape index (κ1) is 23.0. The van der Waals surface area contributed by atoms with E-state index in [1.165, 1.54) is 11.9 Å². The van der Waals surface area contributed by atoms with Crippen molar-refractivity contribution in [3.05, 3.63) is 28.2 Å². The van der Waals surface area contributed by atoms with E-state index < -0.39 is 46.5 Å². The normalized spacial score (nSPS) is 16.5. The summed E-state index contributed by atoms with van der Waals surface area (Å²) >= 11 is 0. The third kappa shape index (κ3) is 5.15. The Morgan fingerprint density at radius 1 is 1.38 bits per heavy atom. The molecule has 1 unspecified atom stereocenters. The molecular formula is C17H19F3N6O6. The van der Waals surface area contributed by atoms with Crippen molar-refractivity contribution in [2.45, 2.75) is 32.0 Å². The number of alkyl halides is 3. The summed E-state index contributed by atoms with van der Waals surface area (Å²) in [6, 6.07) is 0.607. The molecule has 0 spiro atoms. The fourth-order valence-corrected chi connectivity index (χ4v) is 3.12. The second kappa shape index (κ2) is 9.23. The fraction of sp³-hybridized carbons (Fsp3) is 0.529. The van der Waals surface area contributed by atoms with E-state index in [4.69, 9.17) is 14.2 Å². The van der Waals surface area contributed by atoms with Gasteiger partial charge in [-0.15, -0.1) is 0 Å². The van der Waals surface area contributed by atoms with Crippen LogP contribution in [0, 0.1) is 10.1 Å². The number of hydrogen-bond acceptors (Lipinski definition) is 10. The van der Waals surface area contributed by atoms with Crippen LogP contribution in [0.1, 0.15) is 25.5 Å². The average Bonchev–Trinajstić information content (AvgIpc) is 3.09. The van der Waals surface area contributed by atoms with Crippen LogP contribution in [0.4, 0.5) is 29.5 Å². The van der Waals surface area contributed by atoms with Crippen LogP contribution in [0.15, 0.2) is 12.4 Å². The molecule has 2 aromatic rings. The molecule has 15 heteroatoms. The van der Waals surface area contributed by atoms with E-state index in [-0.39, 0.29) is 19.0 Å². The molecule has 12 nitrogen and oxygen atoms in total. The quantitative estimate of drug-likeness (QED) is 0.359. The monoisotopic (exact) mass is 460 g/mol. The fourth-order valence-electron chi connectivity index (χ4n) is 3.12. The first-order chi connectivity index (χ1) is 15.1. The zero-order valence-electron chi connectivity index (χ0n) is 17.0. The highest BCUT2D eigenvalue weighted by molar-refractivity contribution is 5.64. The topological polar surface area (TPSA) is 135 Å². The average molecular weight is 460 g/mol. The lowest BCUT2D eigenvalue weighted by atomic mass is 10.1. The summed E-state index contributed by atoms with van der Waals surface area (Å²) in [5.74, 6) is -1.06. The Morgan fingerprint density at radius 2 is 2.12 bits per heavy atom. The van der Waals surface area contributed by atoms with E-state index in [9.17, 15) is 28.1 Å². The minimum Gasteiger partial charge on any atom is -0.435 e. The Kier molecular flexibility index (Phi) is 6.64. The molecular weight excluding hydrogens is 441 g/mol. The van der Waals surface area contributed by atoms with Crippen LogP contribution in [-0.4, -0.2) is 56.6 Å². The van der Waals surface area contributed by atoms with Gasteiger partial charge in [-0.3, -0.25) is 10.1 Å². The van der Waals surface area contributed by atoms with E-state index in [2.05, 4.69) is 15.1 Å². The zero-order chi connectivity index (χ0) is 23.5. The maximum Gasteiger partial charge on any atom is 0.508 e. The minimum absolute atomic E-state index is 0.0973. The van der Waals surface area contributed by atoms with Crippen molar-refractivity contribution in [1.29, 1.82) is 0 Å². The van der Waals surface area contributed by atoms with Gasteiger partial charge in [0.2, 0.25) is 11.7 Å². The van der Waals surface area contributed by atoms with Crippen molar-refractivity contribution in [2.75, 3.05) is 24.6 Å². The number of anilines is 1. The lowest BCUT2D eigenvalue weighted by molar-refractivity contribution is -0.385. The molecule has 1 aliphatic heterocycles. The van der Waals surface area contributed by atoms with E-state index in [0.29, 0.717) is 25.5 Å². The molecule has 1 fully saturated rings. The molecule has 3 rings (SSSR count). The number of carbonyl (C=O) groups is 1. The van der Waals surface area contributed by atoms with Crippen LogP contribution in [0.5, 0.6) is 11.8 Å². The smallest absolute Gasteiger partial charge is 0.435 e. The minimum atomic E-state index is -4.72. The van der Waals surface area contributed by atoms with Crippen LogP contribution >= 0.6 is 0 Å². The number of ether oxygens (including phenoxy) is 3. The number of hydrogen-bond donors (Lipinski definition) is 0. The number of aromatic nitrogens is 4. The van der Waals surface area contributed by atoms with Crippen LogP contribution < -0.4 is 9.64 Å². The van der Waals surface area contributed by atoms with E-state index >= 15 is 0 Å². The van der Waals surface area contributed by atoms with Gasteiger partial charge < -0.3 is 19.1 Å². The third-order valence-corrected chi connectivity index (χ3v) is 4.48. The number of aryl methyl sites for hydroxylation is 1. The summed E-state index contributed by atoms with van der Waals surface area (Å²) < 4.78 is 54.7. The summed E-state index contributed by atoms with van der Waals surface area (Å²) in [6.07, 6.45) is -4.10. The number of rotatable bonds is 6. The summed E-state index contributed by atoms with van der Waals surface area (Å²) in [7, 11) is 1.19. The van der Waals surface area contributed by atoms with Gasteiger partial charge in [0.1, 0.15) is 12.4 Å². The largest absolute Gasteiger partial charge is 0.508 e. The van der Waals surface area contributed by atoms with Gasteiger partial charge in [0.05, 0.1) is 18.1 Å². The van der Waals surface area contributed by atoms with Crippen molar-refractivity contribution < 1.29 is 37.1 Å². The third-order valence-electron chi connectivity index (χ3n) is 4.48. The number of halogens is 3. The first-order valence-electron chi connectivity index (χ1n) is 9.47. The molecule has 0 N–H and O–H groups in total. The van der Waals surface area contributed by atoms with E-state index in [1.54, 1.807) is 6.92 Å². The molecule has 0 amide bonds. The Morgan fingerprint density at radius 3 is 2.75 bits per heavy atom. The summed E-state index contributed by atoms with van der Waals surface area (Å²) in [6.45, 7) is 2.22. The maximum atomic E-state index is 12.9. The molecule has 0 aliphatic carbocycles. The number of nitrogens with zero attached hydrogens (tertiary/aromatic N) is 6. The Hall–Kier alpha value is -3.65. The van der Waals surface area contributed by atoms with Gasteiger partial charge in [0.15, 0.2) is 5.69 Å². The summed E-state index contributed by atoms with van der Waals surface area (Å²) in [5.41, 5.74) is -1.86. The Balaban J connectivity index is 1.88. The number of nitro groups is 1. The van der Waals surface area contributed by atoms with Gasteiger partial charge in [0, 0.05) is 19.7 Å². The van der Waals surface area contributed by atoms with Gasteiger partial charge in [-0.2, -0.15) is 23.3 Å². The molecule has 1 saturated heterocycles. The SMILES string of the molecule is CCOC(=O)OC1CCCN(c2ncnc(Oc3cc(C(F)(F)F)nn3C)c2[N+](=O)[O-])C1. The van der Waals surface area contributed by atoms with E-state index in [1.807, 2.05) is 0 Å². The van der Waals surface area contributed by atoms with Crippen molar-refractivity contribution in [1.82, 2.24) is 19.7 Å². The van der Waals surface area contributed by atoms with Crippen molar-refractivity contribution in [2.24, 2.45) is 7.05 Å². The molecule has 2 aromatic heterocycles. The van der Waals surface area contributed by atoms with Gasteiger partial charge in [-0.1, -0.05) is 0 Å². The van der Waals surface area contributed by atoms with Crippen LogP contribution in [-0.2, 0) is 22.7 Å². The zero-order valence-corrected chi connectivity index (χ0v) is 17.0. The predicted octanol–water partition coefficient (Wildman–Crippen LogP) is 3.07. The molecule has 1 aliphatic rings. The maximum absolute atomic E-state index is 12.9. The van der Waals surface area contributed by atoms with Crippen molar-refractivity contribution >= 4 is 17.7 Å². The van der Waals surface area contributed by atoms with Crippen molar-refractivity contribution in [3.8, 4) is 11.8 Å². The van der Waals surface area contributed by atoms with Gasteiger partial charge in [0.25, 0.3) is 0 Å². The Bertz CT molecular complexity index is 998. The summed E-state index contributed by atoms with van der Waals surface area (Å²) in [5, 5.41) is 15.1. The lowest BCUT2D eigenvalue weighted by Gasteiger charge is -2.32. The number of carbonyl (C=O) groups excluding carboxylic acids is 1. The second-order valence-electron chi connectivity index (χ2n) is 6.71. The second-order valence-corrected chi connectivity index (χ2v) is 6.71. The van der Waals surface area contributed by atoms with Gasteiger partial charge in [-0.25, -0.2) is 14.5 Å². The van der Waals surface area contributed by atoms with Crippen LogP contribution in [0.2, 0.25) is 0 Å². The molecule has 32 heavy (non-hydrogen) atoms. The molecule has 174 valence electrons. The summed E-state index contributed by atoms with van der Waals surface area (Å²) in [4.78, 5) is 31.8. The van der Waals surface area contributed by atoms with Gasteiger partial charge >= 0.3 is 23.9 Å². The van der Waals surface area contributed by atoms with Crippen molar-refractivity contribution in [3.63, 3.8) is 0 Å².